The molecule has 0 atom stereocenters. The zero-order valence-electron chi connectivity index (χ0n) is 11.8. The van der Waals surface area contributed by atoms with Gasteiger partial charge in [-0.05, 0) is 32.9 Å². The molecule has 112 valence electrons. The van der Waals surface area contributed by atoms with Crippen molar-refractivity contribution < 1.29 is 17.6 Å². The second kappa shape index (κ2) is 5.79. The Morgan fingerprint density at radius 1 is 1.35 bits per heavy atom. The molecule has 1 rings (SSSR count). The Morgan fingerprint density at radius 3 is 2.35 bits per heavy atom. The van der Waals surface area contributed by atoms with Crippen LogP contribution in [0.3, 0.4) is 0 Å². The van der Waals surface area contributed by atoms with Crippen molar-refractivity contribution in [2.75, 3.05) is 0 Å². The second-order valence-corrected chi connectivity index (χ2v) is 7.45. The number of rotatable bonds is 4. The molecule has 0 aliphatic heterocycles. The lowest BCUT2D eigenvalue weighted by Gasteiger charge is -2.21. The molecule has 1 aromatic carbocycles. The summed E-state index contributed by atoms with van der Waals surface area (Å²) in [6.45, 7) is 6.57. The lowest BCUT2D eigenvalue weighted by Crippen LogP contribution is -2.40. The molecule has 7 heteroatoms. The Balaban J connectivity index is 3.43. The fraction of sp³-hybridized carbons (Fsp3) is 0.462. The maximum absolute atomic E-state index is 13.7. The number of carbonyl (C=O) groups excluding carboxylic acids is 1. The van der Waals surface area contributed by atoms with E-state index < -0.39 is 27.2 Å². The third-order valence-electron chi connectivity index (χ3n) is 2.37. The molecule has 0 bridgehead atoms. The number of carbonyl (C=O) groups is 1. The van der Waals surface area contributed by atoms with Gasteiger partial charge in [0.05, 0.1) is 10.6 Å². The normalized spacial score (nSPS) is 12.5. The summed E-state index contributed by atoms with van der Waals surface area (Å²) in [6.07, 6.45) is 0.0741. The van der Waals surface area contributed by atoms with Gasteiger partial charge < -0.3 is 0 Å². The van der Waals surface area contributed by atoms with Crippen LogP contribution in [0.1, 0.15) is 44.5 Å². The Morgan fingerprint density at radius 2 is 1.90 bits per heavy atom. The molecule has 0 heterocycles. The number of ketones is 1. The first-order chi connectivity index (χ1) is 8.98. The van der Waals surface area contributed by atoms with Crippen LogP contribution in [0.15, 0.2) is 17.0 Å². The van der Waals surface area contributed by atoms with E-state index >= 15 is 0 Å². The van der Waals surface area contributed by atoms with Crippen molar-refractivity contribution in [2.24, 2.45) is 0 Å². The zero-order valence-corrected chi connectivity index (χ0v) is 13.3. The van der Waals surface area contributed by atoms with Gasteiger partial charge in [-0.2, -0.15) is 0 Å². The third-order valence-corrected chi connectivity index (χ3v) is 4.60. The molecule has 0 unspecified atom stereocenters. The van der Waals surface area contributed by atoms with Gasteiger partial charge >= 0.3 is 0 Å². The molecule has 0 aromatic heterocycles. The van der Waals surface area contributed by atoms with E-state index in [-0.39, 0.29) is 21.9 Å². The molecular formula is C13H17ClFNO3S. The molecule has 20 heavy (non-hydrogen) atoms. The average molecular weight is 322 g/mol. The van der Waals surface area contributed by atoms with E-state index in [1.54, 1.807) is 27.7 Å². The minimum Gasteiger partial charge on any atom is -0.294 e. The number of nitrogens with one attached hydrogen (secondary N) is 1. The van der Waals surface area contributed by atoms with Crippen LogP contribution in [0.4, 0.5) is 4.39 Å². The maximum atomic E-state index is 13.7. The largest absolute Gasteiger partial charge is 0.294 e. The third kappa shape index (κ3) is 4.01. The van der Waals surface area contributed by atoms with Gasteiger partial charge in [-0.1, -0.05) is 18.5 Å². The molecule has 1 aromatic rings. The SMILES string of the molecule is CCC(=O)c1cc(S(=O)(=O)NC(C)(C)C)c(Cl)cc1F. The summed E-state index contributed by atoms with van der Waals surface area (Å²) in [4.78, 5) is 11.3. The van der Waals surface area contributed by atoms with E-state index in [1.807, 2.05) is 0 Å². The maximum Gasteiger partial charge on any atom is 0.242 e. The lowest BCUT2D eigenvalue weighted by atomic mass is 10.1. The topological polar surface area (TPSA) is 63.2 Å². The van der Waals surface area contributed by atoms with Gasteiger partial charge in [-0.25, -0.2) is 17.5 Å². The fourth-order valence-corrected chi connectivity index (χ4v) is 3.56. The monoisotopic (exact) mass is 321 g/mol. The number of sulfonamides is 1. The van der Waals surface area contributed by atoms with Crippen LogP contribution in [-0.4, -0.2) is 19.7 Å². The van der Waals surface area contributed by atoms with Gasteiger partial charge in [0.2, 0.25) is 10.0 Å². The molecule has 0 saturated carbocycles. The summed E-state index contributed by atoms with van der Waals surface area (Å²) in [6, 6.07) is 1.83. The Hall–Kier alpha value is -0.980. The highest BCUT2D eigenvalue weighted by atomic mass is 35.5. The fourth-order valence-electron chi connectivity index (χ4n) is 1.60. The van der Waals surface area contributed by atoms with Crippen molar-refractivity contribution in [3.8, 4) is 0 Å². The first-order valence-corrected chi connectivity index (χ1v) is 7.90. The van der Waals surface area contributed by atoms with E-state index in [0.29, 0.717) is 0 Å². The zero-order chi connectivity index (χ0) is 15.7. The Bertz CT molecular complexity index is 636. The molecule has 0 aliphatic carbocycles. The minimum atomic E-state index is -3.93. The minimum absolute atomic E-state index is 0.0741. The Kier molecular flexibility index (Phi) is 4.94. The summed E-state index contributed by atoms with van der Waals surface area (Å²) < 4.78 is 40.5. The molecule has 1 N–H and O–H groups in total. The van der Waals surface area contributed by atoms with E-state index in [2.05, 4.69) is 4.72 Å². The summed E-state index contributed by atoms with van der Waals surface area (Å²) >= 11 is 5.79. The highest BCUT2D eigenvalue weighted by Gasteiger charge is 2.26. The van der Waals surface area contributed by atoms with E-state index in [9.17, 15) is 17.6 Å². The van der Waals surface area contributed by atoms with Crippen LogP contribution in [0.25, 0.3) is 0 Å². The van der Waals surface area contributed by atoms with Gasteiger partial charge in [0.1, 0.15) is 10.7 Å². The van der Waals surface area contributed by atoms with E-state index in [1.165, 1.54) is 0 Å². The van der Waals surface area contributed by atoms with Crippen molar-refractivity contribution in [3.63, 3.8) is 0 Å². The van der Waals surface area contributed by atoms with Crippen LogP contribution in [0, 0.1) is 5.82 Å². The highest BCUT2D eigenvalue weighted by molar-refractivity contribution is 7.89. The van der Waals surface area contributed by atoms with Crippen LogP contribution >= 0.6 is 11.6 Å². The summed E-state index contributed by atoms with van der Waals surface area (Å²) in [7, 11) is -3.93. The molecule has 4 nitrogen and oxygen atoms in total. The molecular weight excluding hydrogens is 305 g/mol. The Labute approximate surface area is 123 Å². The number of hydrogen-bond donors (Lipinski definition) is 1. The van der Waals surface area contributed by atoms with Gasteiger partial charge in [0.25, 0.3) is 0 Å². The van der Waals surface area contributed by atoms with Crippen molar-refractivity contribution in [3.05, 3.63) is 28.5 Å². The van der Waals surface area contributed by atoms with Crippen molar-refractivity contribution >= 4 is 27.4 Å². The van der Waals surface area contributed by atoms with E-state index in [0.717, 1.165) is 12.1 Å². The number of Topliss-reactive ketones (excluding diaryl/α,β-unsaturated/α-hetero) is 1. The predicted molar refractivity (Wildman–Crippen MR) is 76.1 cm³/mol. The van der Waals surface area contributed by atoms with Crippen LogP contribution in [0.5, 0.6) is 0 Å². The molecule has 0 spiro atoms. The number of halogens is 2. The predicted octanol–water partition coefficient (Wildman–Crippen LogP) is 3.15. The van der Waals surface area contributed by atoms with Crippen LogP contribution < -0.4 is 4.72 Å². The average Bonchev–Trinajstić information content (AvgIpc) is 2.24. The molecule has 0 radical (unpaired) electrons. The molecule has 0 fully saturated rings. The number of benzene rings is 1. The van der Waals surface area contributed by atoms with Crippen LogP contribution in [0.2, 0.25) is 5.02 Å². The van der Waals surface area contributed by atoms with Crippen LogP contribution in [-0.2, 0) is 10.0 Å². The van der Waals surface area contributed by atoms with Crippen molar-refractivity contribution in [1.82, 2.24) is 4.72 Å². The summed E-state index contributed by atoms with van der Waals surface area (Å²) in [5, 5.41) is -0.257. The number of hydrogen-bond acceptors (Lipinski definition) is 3. The first kappa shape index (κ1) is 17.1. The van der Waals surface area contributed by atoms with Gasteiger partial charge in [0.15, 0.2) is 5.78 Å². The van der Waals surface area contributed by atoms with Crippen molar-refractivity contribution in [1.29, 1.82) is 0 Å². The van der Waals surface area contributed by atoms with E-state index in [4.69, 9.17) is 11.6 Å². The smallest absolute Gasteiger partial charge is 0.242 e. The molecule has 0 aliphatic rings. The van der Waals surface area contributed by atoms with Crippen molar-refractivity contribution in [2.45, 2.75) is 44.6 Å². The lowest BCUT2D eigenvalue weighted by molar-refractivity contribution is 0.0984. The molecule has 0 amide bonds. The van der Waals surface area contributed by atoms with Gasteiger partial charge in [-0.15, -0.1) is 0 Å². The summed E-state index contributed by atoms with van der Waals surface area (Å²) in [5.74, 6) is -1.30. The standard InChI is InChI=1S/C13H17ClFNO3S/c1-5-11(17)8-6-12(9(14)7-10(8)15)20(18,19)16-13(2,3)4/h6-7,16H,5H2,1-4H3. The quantitative estimate of drug-likeness (QED) is 0.866. The summed E-state index contributed by atoms with van der Waals surface area (Å²) in [5.41, 5.74) is -0.989. The second-order valence-electron chi connectivity index (χ2n) is 5.39. The van der Waals surface area contributed by atoms with Gasteiger partial charge in [0, 0.05) is 12.0 Å². The van der Waals surface area contributed by atoms with Gasteiger partial charge in [-0.3, -0.25) is 4.79 Å². The first-order valence-electron chi connectivity index (χ1n) is 6.04. The molecule has 0 saturated heterocycles. The highest BCUT2D eigenvalue weighted by Crippen LogP contribution is 2.26.